The predicted molar refractivity (Wildman–Crippen MR) is 164 cm³/mol. The van der Waals surface area contributed by atoms with Gasteiger partial charge < -0.3 is 9.84 Å². The van der Waals surface area contributed by atoms with Crippen LogP contribution in [0.1, 0.15) is 42.4 Å². The minimum absolute atomic E-state index is 0.0425. The molecule has 1 saturated carbocycles. The second kappa shape index (κ2) is 10.4. The van der Waals surface area contributed by atoms with E-state index < -0.39 is 35.0 Å². The topological polar surface area (TPSA) is 101 Å². The lowest BCUT2D eigenvalue weighted by Gasteiger charge is -2.55. The molecule has 1 aliphatic heterocycles. The number of benzene rings is 3. The summed E-state index contributed by atoms with van der Waals surface area (Å²) in [5.74, 6) is -3.47. The lowest BCUT2D eigenvalue weighted by molar-refractivity contribution is -0.140. The quantitative estimate of drug-likeness (QED) is 0.324. The number of amides is 2. The van der Waals surface area contributed by atoms with Crippen molar-refractivity contribution < 1.29 is 29.0 Å². The van der Waals surface area contributed by atoms with Gasteiger partial charge in [0.2, 0.25) is 11.8 Å². The normalized spacial score (nSPS) is 29.4. The first kappa shape index (κ1) is 28.0. The Morgan fingerprint density at radius 2 is 1.61 bits per heavy atom. The SMILES string of the molecule is CCN1C(=O)C2CC=C3C(CC4C(=O)C(c5ccccc5)=CC(=O)C4(c4ccccc4)C3c3ccc(O)c(OC)c3)C2C1=O. The molecular weight excluding hydrogens is 554 g/mol. The maximum atomic E-state index is 14.9. The third-order valence-electron chi connectivity index (χ3n) is 10.3. The lowest BCUT2D eigenvalue weighted by atomic mass is 9.44. The van der Waals surface area contributed by atoms with Gasteiger partial charge in [-0.2, -0.15) is 0 Å². The van der Waals surface area contributed by atoms with Crippen molar-refractivity contribution in [2.75, 3.05) is 13.7 Å². The first-order chi connectivity index (χ1) is 21.3. The number of ether oxygens (including phenoxy) is 1. The minimum Gasteiger partial charge on any atom is -0.504 e. The van der Waals surface area contributed by atoms with Crippen molar-refractivity contribution in [2.45, 2.75) is 31.1 Å². The number of methoxy groups -OCH3 is 1. The molecule has 3 aromatic rings. The number of carbonyl (C=O) groups excluding carboxylic acids is 4. The molecule has 4 aliphatic rings. The highest BCUT2D eigenvalue weighted by Crippen LogP contribution is 2.63. The number of ketones is 2. The van der Waals surface area contributed by atoms with Crippen molar-refractivity contribution in [3.05, 3.63) is 113 Å². The zero-order valence-electron chi connectivity index (χ0n) is 24.6. The number of likely N-dealkylation sites (tertiary alicyclic amines) is 1. The molecule has 1 heterocycles. The molecule has 7 nitrogen and oxygen atoms in total. The van der Waals surface area contributed by atoms with Crippen molar-refractivity contribution in [2.24, 2.45) is 23.7 Å². The number of Topliss-reactive ketones (excluding diaryl/α,β-unsaturated/α-hetero) is 1. The van der Waals surface area contributed by atoms with Crippen LogP contribution < -0.4 is 4.74 Å². The maximum Gasteiger partial charge on any atom is 0.233 e. The number of phenols is 1. The highest BCUT2D eigenvalue weighted by atomic mass is 16.5. The average Bonchev–Trinajstić information content (AvgIpc) is 3.31. The third-order valence-corrected chi connectivity index (χ3v) is 10.3. The van der Waals surface area contributed by atoms with Gasteiger partial charge in [-0.3, -0.25) is 24.1 Å². The number of rotatable bonds is 5. The Morgan fingerprint density at radius 3 is 2.30 bits per heavy atom. The van der Waals surface area contributed by atoms with Crippen LogP contribution in [0.25, 0.3) is 5.57 Å². The largest absolute Gasteiger partial charge is 0.504 e. The van der Waals surface area contributed by atoms with Gasteiger partial charge in [0.05, 0.1) is 24.4 Å². The van der Waals surface area contributed by atoms with E-state index in [-0.39, 0.29) is 41.3 Å². The van der Waals surface area contributed by atoms with Gasteiger partial charge in [0.25, 0.3) is 0 Å². The Morgan fingerprint density at radius 1 is 0.909 bits per heavy atom. The number of fused-ring (bicyclic) bond motifs is 4. The van der Waals surface area contributed by atoms with Gasteiger partial charge >= 0.3 is 0 Å². The molecule has 0 radical (unpaired) electrons. The molecule has 222 valence electrons. The molecule has 6 unspecified atom stereocenters. The summed E-state index contributed by atoms with van der Waals surface area (Å²) in [6.07, 6.45) is 4.18. The summed E-state index contributed by atoms with van der Waals surface area (Å²) in [6.45, 7) is 2.09. The summed E-state index contributed by atoms with van der Waals surface area (Å²) < 4.78 is 5.50. The van der Waals surface area contributed by atoms with Gasteiger partial charge in [0.15, 0.2) is 23.1 Å². The molecule has 6 atom stereocenters. The second-order valence-corrected chi connectivity index (χ2v) is 12.1. The van der Waals surface area contributed by atoms with Crippen LogP contribution in [0.4, 0.5) is 0 Å². The smallest absolute Gasteiger partial charge is 0.233 e. The van der Waals surface area contributed by atoms with E-state index in [1.165, 1.54) is 18.1 Å². The third kappa shape index (κ3) is 3.81. The number of imide groups is 1. The fourth-order valence-corrected chi connectivity index (χ4v) is 8.50. The summed E-state index contributed by atoms with van der Waals surface area (Å²) >= 11 is 0. The van der Waals surface area contributed by atoms with Gasteiger partial charge in [-0.05, 0) is 60.6 Å². The monoisotopic (exact) mass is 587 g/mol. The number of allylic oxidation sites excluding steroid dienone is 4. The van der Waals surface area contributed by atoms with E-state index in [4.69, 9.17) is 4.74 Å². The van der Waals surface area contributed by atoms with Crippen LogP contribution in [-0.4, -0.2) is 47.0 Å². The molecule has 44 heavy (non-hydrogen) atoms. The summed E-state index contributed by atoms with van der Waals surface area (Å²) in [6, 6.07) is 23.7. The highest BCUT2D eigenvalue weighted by Gasteiger charge is 2.65. The van der Waals surface area contributed by atoms with Crippen LogP contribution in [0.2, 0.25) is 0 Å². The predicted octanol–water partition coefficient (Wildman–Crippen LogP) is 5.25. The fraction of sp³-hybridized carbons (Fsp3) is 0.297. The number of nitrogens with zero attached hydrogens (tertiary/aromatic N) is 1. The Bertz CT molecular complexity index is 1760. The van der Waals surface area contributed by atoms with Gasteiger partial charge in [-0.1, -0.05) is 78.4 Å². The van der Waals surface area contributed by atoms with Gasteiger partial charge in [0, 0.05) is 24.0 Å². The maximum absolute atomic E-state index is 14.9. The Balaban J connectivity index is 1.52. The summed E-state index contributed by atoms with van der Waals surface area (Å²) in [5, 5.41) is 10.5. The van der Waals surface area contributed by atoms with Crippen molar-refractivity contribution in [3.63, 3.8) is 0 Å². The van der Waals surface area contributed by atoms with E-state index in [0.717, 1.165) is 5.57 Å². The highest BCUT2D eigenvalue weighted by molar-refractivity contribution is 6.31. The summed E-state index contributed by atoms with van der Waals surface area (Å²) in [4.78, 5) is 58.3. The van der Waals surface area contributed by atoms with Gasteiger partial charge in [-0.25, -0.2) is 0 Å². The molecule has 7 rings (SSSR count). The van der Waals surface area contributed by atoms with Crippen LogP contribution in [-0.2, 0) is 24.6 Å². The molecule has 7 heteroatoms. The average molecular weight is 588 g/mol. The van der Waals surface area contributed by atoms with E-state index in [9.17, 15) is 24.3 Å². The molecule has 1 saturated heterocycles. The van der Waals surface area contributed by atoms with Crippen LogP contribution in [0.5, 0.6) is 11.5 Å². The van der Waals surface area contributed by atoms with Crippen molar-refractivity contribution in [1.29, 1.82) is 0 Å². The van der Waals surface area contributed by atoms with E-state index in [2.05, 4.69) is 0 Å². The Hall–Kier alpha value is -4.78. The molecule has 1 N–H and O–H groups in total. The van der Waals surface area contributed by atoms with E-state index in [1.54, 1.807) is 25.1 Å². The zero-order chi connectivity index (χ0) is 30.7. The molecule has 3 aromatic carbocycles. The molecule has 2 fully saturated rings. The lowest BCUT2D eigenvalue weighted by Crippen LogP contribution is -2.58. The first-order valence-electron chi connectivity index (χ1n) is 15.2. The number of phenolic OH excluding ortho intramolecular Hbond substituents is 1. The fourth-order valence-electron chi connectivity index (χ4n) is 8.50. The molecule has 3 aliphatic carbocycles. The van der Waals surface area contributed by atoms with Crippen LogP contribution in [0.3, 0.4) is 0 Å². The number of carbonyl (C=O) groups is 4. The summed E-state index contributed by atoms with van der Waals surface area (Å²) in [7, 11) is 1.47. The molecular formula is C37H33NO6. The van der Waals surface area contributed by atoms with E-state index in [0.29, 0.717) is 35.2 Å². The first-order valence-corrected chi connectivity index (χ1v) is 15.2. The van der Waals surface area contributed by atoms with Gasteiger partial charge in [-0.15, -0.1) is 0 Å². The molecule has 0 aromatic heterocycles. The van der Waals surface area contributed by atoms with Crippen LogP contribution in [0.15, 0.2) is 96.6 Å². The molecule has 2 amide bonds. The number of hydrogen-bond donors (Lipinski definition) is 1. The van der Waals surface area contributed by atoms with Crippen LogP contribution in [0, 0.1) is 23.7 Å². The molecule has 0 spiro atoms. The van der Waals surface area contributed by atoms with E-state index >= 15 is 0 Å². The Labute approximate surface area is 255 Å². The van der Waals surface area contributed by atoms with E-state index in [1.807, 2.05) is 66.7 Å². The van der Waals surface area contributed by atoms with Crippen LogP contribution >= 0.6 is 0 Å². The van der Waals surface area contributed by atoms with Crippen molar-refractivity contribution in [1.82, 2.24) is 4.90 Å². The number of hydrogen-bond acceptors (Lipinski definition) is 6. The van der Waals surface area contributed by atoms with Crippen molar-refractivity contribution in [3.8, 4) is 11.5 Å². The van der Waals surface area contributed by atoms with Gasteiger partial charge in [0.1, 0.15) is 0 Å². The standard InChI is InChI=1S/C37H33NO6/c1-3-38-35(42)25-16-15-24-27(32(25)36(38)43)19-28-34(41)26(21-10-6-4-7-11-21)20-31(40)37(28,23-12-8-5-9-13-23)33(24)22-14-17-29(39)30(18-22)44-2/h4-15,17-18,20,25,27-28,32-33,39H,3,16,19H2,1-2H3. The second-order valence-electron chi connectivity index (χ2n) is 12.1. The summed E-state index contributed by atoms with van der Waals surface area (Å²) in [5.41, 5.74) is 2.01. The molecule has 0 bridgehead atoms. The number of aromatic hydroxyl groups is 1. The van der Waals surface area contributed by atoms with Crippen molar-refractivity contribution >= 4 is 29.0 Å². The zero-order valence-corrected chi connectivity index (χ0v) is 24.6. The Kier molecular flexibility index (Phi) is 6.65. The minimum atomic E-state index is -1.32.